The van der Waals surface area contributed by atoms with Gasteiger partial charge in [0.15, 0.2) is 0 Å². The fraction of sp³-hybridized carbons (Fsp3) is 0.900. The van der Waals surface area contributed by atoms with Crippen molar-refractivity contribution in [3.05, 3.63) is 0 Å². The zero-order valence-corrected chi connectivity index (χ0v) is 16.4. The van der Waals surface area contributed by atoms with E-state index >= 15 is 0 Å². The molecule has 148 valence electrons. The first-order chi connectivity index (χ1) is 12.6. The quantitative estimate of drug-likeness (QED) is 0.796. The van der Waals surface area contributed by atoms with Gasteiger partial charge in [-0.05, 0) is 57.0 Å². The molecule has 0 spiro atoms. The van der Waals surface area contributed by atoms with Gasteiger partial charge in [0.05, 0.1) is 6.54 Å². The lowest BCUT2D eigenvalue weighted by atomic mass is 9.84. The number of piperidine rings is 1. The summed E-state index contributed by atoms with van der Waals surface area (Å²) in [5.74, 6) is 1.73. The van der Waals surface area contributed by atoms with Gasteiger partial charge in [-0.25, -0.2) is 0 Å². The molecule has 3 saturated heterocycles. The van der Waals surface area contributed by atoms with Gasteiger partial charge in [0.25, 0.3) is 0 Å². The molecule has 6 heteroatoms. The monoisotopic (exact) mass is 364 g/mol. The molecule has 3 aliphatic heterocycles. The molecule has 0 radical (unpaired) electrons. The summed E-state index contributed by atoms with van der Waals surface area (Å²) in [7, 11) is 0. The number of carbonyl (C=O) groups is 2. The maximum Gasteiger partial charge on any atom is 0.236 e. The van der Waals surface area contributed by atoms with E-state index < -0.39 is 0 Å². The second-order valence-corrected chi connectivity index (χ2v) is 8.37. The van der Waals surface area contributed by atoms with Crippen molar-refractivity contribution in [3.63, 3.8) is 0 Å². The predicted molar refractivity (Wildman–Crippen MR) is 103 cm³/mol. The second kappa shape index (κ2) is 9.70. The Balaban J connectivity index is 1.42. The molecular weight excluding hydrogens is 328 g/mol. The van der Waals surface area contributed by atoms with E-state index in [0.29, 0.717) is 30.7 Å². The van der Waals surface area contributed by atoms with E-state index in [0.717, 1.165) is 71.6 Å². The average molecular weight is 365 g/mol. The van der Waals surface area contributed by atoms with Crippen molar-refractivity contribution in [3.8, 4) is 0 Å². The Labute approximate surface area is 158 Å². The maximum absolute atomic E-state index is 12.8. The molecule has 0 aliphatic carbocycles. The summed E-state index contributed by atoms with van der Waals surface area (Å²) >= 11 is 0. The lowest BCUT2D eigenvalue weighted by molar-refractivity contribution is -0.132. The van der Waals surface area contributed by atoms with Gasteiger partial charge in [-0.1, -0.05) is 6.92 Å². The summed E-state index contributed by atoms with van der Waals surface area (Å²) in [6.45, 7) is 10.1. The third-order valence-electron chi connectivity index (χ3n) is 6.44. The Morgan fingerprint density at radius 3 is 2.27 bits per heavy atom. The lowest BCUT2D eigenvalue weighted by Crippen LogP contribution is -2.41. The molecule has 1 unspecified atom stereocenters. The van der Waals surface area contributed by atoms with Crippen molar-refractivity contribution in [2.24, 2.45) is 11.8 Å². The molecular formula is C20H36N4O2. The number of rotatable bonds is 5. The average Bonchev–Trinajstić information content (AvgIpc) is 3.10. The topological polar surface area (TPSA) is 55.9 Å². The number of nitrogens with one attached hydrogen (secondary N) is 1. The summed E-state index contributed by atoms with van der Waals surface area (Å²) in [5.41, 5.74) is 0. The highest BCUT2D eigenvalue weighted by Crippen LogP contribution is 2.25. The van der Waals surface area contributed by atoms with Crippen molar-refractivity contribution in [2.75, 3.05) is 58.9 Å². The van der Waals surface area contributed by atoms with Crippen molar-refractivity contribution >= 4 is 11.8 Å². The molecule has 3 rings (SSSR count). The van der Waals surface area contributed by atoms with Gasteiger partial charge < -0.3 is 15.1 Å². The van der Waals surface area contributed by atoms with Crippen LogP contribution in [0, 0.1) is 11.8 Å². The Morgan fingerprint density at radius 2 is 1.54 bits per heavy atom. The third-order valence-corrected chi connectivity index (χ3v) is 6.44. The standard InChI is InChI=1S/C20H36N4O2/c1-17(18-5-7-21-8-6-18)15-19(25)24-12-4-9-22(13-14-24)16-20(26)23-10-2-3-11-23/h17-18,21H,2-16H2,1H3. The fourth-order valence-electron chi connectivity index (χ4n) is 4.62. The minimum Gasteiger partial charge on any atom is -0.342 e. The van der Waals surface area contributed by atoms with Crippen LogP contribution < -0.4 is 5.32 Å². The zero-order valence-electron chi connectivity index (χ0n) is 16.4. The number of hydrogen-bond acceptors (Lipinski definition) is 4. The van der Waals surface area contributed by atoms with E-state index in [1.807, 2.05) is 9.80 Å². The molecule has 0 saturated carbocycles. The van der Waals surface area contributed by atoms with Crippen molar-refractivity contribution < 1.29 is 9.59 Å². The molecule has 3 heterocycles. The smallest absolute Gasteiger partial charge is 0.236 e. The summed E-state index contributed by atoms with van der Waals surface area (Å²) in [6, 6.07) is 0. The summed E-state index contributed by atoms with van der Waals surface area (Å²) < 4.78 is 0. The van der Waals surface area contributed by atoms with Crippen molar-refractivity contribution in [1.82, 2.24) is 20.0 Å². The SMILES string of the molecule is CC(CC(=O)N1CCCN(CC(=O)N2CCCC2)CC1)C1CCNCC1. The van der Waals surface area contributed by atoms with Gasteiger partial charge in [-0.3, -0.25) is 14.5 Å². The Bertz CT molecular complexity index is 472. The van der Waals surface area contributed by atoms with Gasteiger partial charge >= 0.3 is 0 Å². The number of likely N-dealkylation sites (tertiary alicyclic amines) is 1. The first-order valence-electron chi connectivity index (χ1n) is 10.6. The van der Waals surface area contributed by atoms with E-state index in [1.54, 1.807) is 0 Å². The Hall–Kier alpha value is -1.14. The number of amides is 2. The number of carbonyl (C=O) groups excluding carboxylic acids is 2. The molecule has 1 atom stereocenters. The minimum atomic E-state index is 0.266. The molecule has 6 nitrogen and oxygen atoms in total. The van der Waals surface area contributed by atoms with Crippen LogP contribution in [0.2, 0.25) is 0 Å². The van der Waals surface area contributed by atoms with Gasteiger partial charge in [-0.2, -0.15) is 0 Å². The number of nitrogens with zero attached hydrogens (tertiary/aromatic N) is 3. The summed E-state index contributed by atoms with van der Waals surface area (Å²) in [5, 5.41) is 3.40. The van der Waals surface area contributed by atoms with E-state index in [4.69, 9.17) is 0 Å². The van der Waals surface area contributed by atoms with E-state index in [-0.39, 0.29) is 5.91 Å². The van der Waals surface area contributed by atoms with E-state index in [2.05, 4.69) is 17.1 Å². The molecule has 3 aliphatic rings. The van der Waals surface area contributed by atoms with Gasteiger partial charge in [0, 0.05) is 45.7 Å². The highest BCUT2D eigenvalue weighted by molar-refractivity contribution is 5.78. The van der Waals surface area contributed by atoms with E-state index in [9.17, 15) is 9.59 Å². The third kappa shape index (κ3) is 5.43. The molecule has 1 N–H and O–H groups in total. The molecule has 0 aromatic heterocycles. The van der Waals surface area contributed by atoms with Crippen LogP contribution >= 0.6 is 0 Å². The van der Waals surface area contributed by atoms with Gasteiger partial charge in [0.2, 0.25) is 11.8 Å². The van der Waals surface area contributed by atoms with Crippen LogP contribution in [0.3, 0.4) is 0 Å². The van der Waals surface area contributed by atoms with Crippen molar-refractivity contribution in [2.45, 2.75) is 45.4 Å². The summed E-state index contributed by atoms with van der Waals surface area (Å²) in [6.07, 6.45) is 6.33. The minimum absolute atomic E-state index is 0.266. The molecule has 2 amide bonds. The highest BCUT2D eigenvalue weighted by Gasteiger charge is 2.27. The van der Waals surface area contributed by atoms with Crippen molar-refractivity contribution in [1.29, 1.82) is 0 Å². The molecule has 3 fully saturated rings. The Morgan fingerprint density at radius 1 is 0.885 bits per heavy atom. The summed E-state index contributed by atoms with van der Waals surface area (Å²) in [4.78, 5) is 31.4. The first-order valence-corrected chi connectivity index (χ1v) is 10.6. The lowest BCUT2D eigenvalue weighted by Gasteiger charge is -2.30. The normalized spacial score (nSPS) is 24.5. The van der Waals surface area contributed by atoms with Crippen LogP contribution in [0.5, 0.6) is 0 Å². The van der Waals surface area contributed by atoms with Gasteiger partial charge in [0.1, 0.15) is 0 Å². The Kier molecular flexibility index (Phi) is 7.32. The van der Waals surface area contributed by atoms with Crippen LogP contribution in [0.4, 0.5) is 0 Å². The molecule has 0 aromatic rings. The fourth-order valence-corrected chi connectivity index (χ4v) is 4.62. The van der Waals surface area contributed by atoms with Crippen LogP contribution in [-0.2, 0) is 9.59 Å². The van der Waals surface area contributed by atoms with Crippen LogP contribution in [-0.4, -0.2) is 85.4 Å². The first kappa shape index (κ1) is 19.6. The van der Waals surface area contributed by atoms with Crippen LogP contribution in [0.1, 0.15) is 45.4 Å². The van der Waals surface area contributed by atoms with Crippen LogP contribution in [0.25, 0.3) is 0 Å². The number of hydrogen-bond donors (Lipinski definition) is 1. The van der Waals surface area contributed by atoms with Crippen LogP contribution in [0.15, 0.2) is 0 Å². The van der Waals surface area contributed by atoms with E-state index in [1.165, 1.54) is 12.8 Å². The maximum atomic E-state index is 12.8. The largest absolute Gasteiger partial charge is 0.342 e. The predicted octanol–water partition coefficient (Wildman–Crippen LogP) is 1.17. The molecule has 26 heavy (non-hydrogen) atoms. The molecule has 0 bridgehead atoms. The van der Waals surface area contributed by atoms with Gasteiger partial charge in [-0.15, -0.1) is 0 Å². The zero-order chi connectivity index (χ0) is 18.4. The second-order valence-electron chi connectivity index (χ2n) is 8.37. The highest BCUT2D eigenvalue weighted by atomic mass is 16.2. The molecule has 0 aromatic carbocycles.